The normalized spacial score (nSPS) is 20.1. The molecule has 1 saturated carbocycles. The second kappa shape index (κ2) is 8.31. The van der Waals surface area contributed by atoms with E-state index >= 15 is 0 Å². The van der Waals surface area contributed by atoms with E-state index in [1.807, 2.05) is 37.4 Å². The highest BCUT2D eigenvalue weighted by Crippen LogP contribution is 2.28. The molecular formula is C22H27N5O3. The van der Waals surface area contributed by atoms with Gasteiger partial charge in [0.2, 0.25) is 0 Å². The number of aliphatic hydroxyl groups excluding tert-OH is 1. The molecule has 2 heterocycles. The Morgan fingerprint density at radius 3 is 2.70 bits per heavy atom. The van der Waals surface area contributed by atoms with E-state index in [9.17, 15) is 14.7 Å². The maximum absolute atomic E-state index is 13.1. The molecule has 1 aromatic carbocycles. The van der Waals surface area contributed by atoms with Gasteiger partial charge in [-0.2, -0.15) is 5.10 Å². The molecule has 0 aliphatic heterocycles. The number of carbonyl (C=O) groups excluding carboxylic acids is 2. The predicted octanol–water partition coefficient (Wildman–Crippen LogP) is 2.37. The second-order valence-electron chi connectivity index (χ2n) is 7.88. The number of aromatic nitrogens is 3. The van der Waals surface area contributed by atoms with Crippen molar-refractivity contribution in [3.05, 3.63) is 53.5 Å². The molecule has 1 aliphatic carbocycles. The van der Waals surface area contributed by atoms with E-state index < -0.39 is 0 Å². The SMILES string of the molecule is CNC(=O)c1cc(C(=O)NC2CCC(O)CC2)n([C@H](C)c2cccc3[nH]ccc23)n1. The summed E-state index contributed by atoms with van der Waals surface area (Å²) in [4.78, 5) is 28.5. The van der Waals surface area contributed by atoms with E-state index in [0.717, 1.165) is 29.3 Å². The van der Waals surface area contributed by atoms with Crippen molar-refractivity contribution in [1.82, 2.24) is 25.4 Å². The van der Waals surface area contributed by atoms with Gasteiger partial charge in [-0.1, -0.05) is 12.1 Å². The first-order valence-corrected chi connectivity index (χ1v) is 10.3. The lowest BCUT2D eigenvalue weighted by atomic mass is 9.93. The summed E-state index contributed by atoms with van der Waals surface area (Å²) in [6.07, 6.45) is 4.43. The molecule has 1 atom stereocenters. The Bertz CT molecular complexity index is 1060. The summed E-state index contributed by atoms with van der Waals surface area (Å²) in [6.45, 7) is 1.97. The fraction of sp³-hybridized carbons (Fsp3) is 0.409. The van der Waals surface area contributed by atoms with E-state index in [4.69, 9.17) is 0 Å². The minimum Gasteiger partial charge on any atom is -0.393 e. The zero-order valence-electron chi connectivity index (χ0n) is 17.2. The lowest BCUT2D eigenvalue weighted by Gasteiger charge is -2.26. The number of H-pyrrole nitrogens is 1. The van der Waals surface area contributed by atoms with Gasteiger partial charge in [-0.15, -0.1) is 0 Å². The van der Waals surface area contributed by atoms with Gasteiger partial charge in [0.25, 0.3) is 11.8 Å². The molecule has 4 N–H and O–H groups in total. The Balaban J connectivity index is 1.68. The van der Waals surface area contributed by atoms with E-state index in [1.54, 1.807) is 17.8 Å². The van der Waals surface area contributed by atoms with Crippen LogP contribution in [-0.4, -0.2) is 50.9 Å². The minimum atomic E-state index is -0.337. The fourth-order valence-corrected chi connectivity index (χ4v) is 4.18. The predicted molar refractivity (Wildman–Crippen MR) is 113 cm³/mol. The minimum absolute atomic E-state index is 0.0103. The summed E-state index contributed by atoms with van der Waals surface area (Å²) < 4.78 is 1.62. The van der Waals surface area contributed by atoms with Crippen LogP contribution in [-0.2, 0) is 0 Å². The lowest BCUT2D eigenvalue weighted by Crippen LogP contribution is -2.39. The second-order valence-corrected chi connectivity index (χ2v) is 7.88. The zero-order chi connectivity index (χ0) is 21.3. The molecule has 3 aromatic rings. The molecule has 158 valence electrons. The molecule has 0 saturated heterocycles. The van der Waals surface area contributed by atoms with Gasteiger partial charge in [0.05, 0.1) is 12.1 Å². The van der Waals surface area contributed by atoms with Crippen LogP contribution in [0.25, 0.3) is 10.9 Å². The van der Waals surface area contributed by atoms with Crippen molar-refractivity contribution in [2.75, 3.05) is 7.05 Å². The van der Waals surface area contributed by atoms with Crippen LogP contribution in [0.2, 0.25) is 0 Å². The first kappa shape index (κ1) is 20.2. The number of carbonyl (C=O) groups is 2. The standard InChI is InChI=1S/C22H27N5O3/c1-13(16-4-3-5-18-17(16)10-11-24-18)27-20(12-19(26-27)21(29)23-2)22(30)25-14-6-8-15(28)9-7-14/h3-5,10-15,24,28H,6-9H2,1-2H3,(H,23,29)(H,25,30)/t13-,14?,15?/m1/s1. The summed E-state index contributed by atoms with van der Waals surface area (Å²) in [5.41, 5.74) is 2.56. The highest BCUT2D eigenvalue weighted by Gasteiger charge is 2.26. The van der Waals surface area contributed by atoms with Crippen LogP contribution in [0.3, 0.4) is 0 Å². The van der Waals surface area contributed by atoms with Gasteiger partial charge < -0.3 is 20.7 Å². The molecule has 0 radical (unpaired) electrons. The van der Waals surface area contributed by atoms with Crippen molar-refractivity contribution in [2.45, 2.75) is 50.8 Å². The van der Waals surface area contributed by atoms with E-state index in [0.29, 0.717) is 18.5 Å². The largest absolute Gasteiger partial charge is 0.393 e. The summed E-state index contributed by atoms with van der Waals surface area (Å²) in [6, 6.07) is 9.26. The number of aliphatic hydroxyl groups is 1. The number of fused-ring (bicyclic) bond motifs is 1. The van der Waals surface area contributed by atoms with Crippen molar-refractivity contribution in [1.29, 1.82) is 0 Å². The van der Waals surface area contributed by atoms with Crippen LogP contribution in [0.1, 0.15) is 65.2 Å². The number of aromatic amines is 1. The number of hydrogen-bond donors (Lipinski definition) is 4. The molecule has 4 rings (SSSR count). The first-order valence-electron chi connectivity index (χ1n) is 10.3. The van der Waals surface area contributed by atoms with Crippen molar-refractivity contribution in [3.8, 4) is 0 Å². The van der Waals surface area contributed by atoms with Gasteiger partial charge in [0.1, 0.15) is 5.69 Å². The number of nitrogens with zero attached hydrogens (tertiary/aromatic N) is 2. The van der Waals surface area contributed by atoms with Crippen LogP contribution in [0.5, 0.6) is 0 Å². The zero-order valence-corrected chi connectivity index (χ0v) is 17.2. The van der Waals surface area contributed by atoms with Gasteiger partial charge in [0.15, 0.2) is 5.69 Å². The van der Waals surface area contributed by atoms with Crippen molar-refractivity contribution < 1.29 is 14.7 Å². The molecule has 0 spiro atoms. The molecule has 0 unspecified atom stereocenters. The topological polar surface area (TPSA) is 112 Å². The highest BCUT2D eigenvalue weighted by molar-refractivity contribution is 5.98. The Morgan fingerprint density at radius 1 is 1.20 bits per heavy atom. The van der Waals surface area contributed by atoms with Gasteiger partial charge in [0, 0.05) is 36.3 Å². The van der Waals surface area contributed by atoms with Crippen LogP contribution in [0.4, 0.5) is 0 Å². The van der Waals surface area contributed by atoms with E-state index in [1.165, 1.54) is 0 Å². The number of rotatable bonds is 5. The molecule has 2 amide bonds. The fourth-order valence-electron chi connectivity index (χ4n) is 4.18. The van der Waals surface area contributed by atoms with Crippen molar-refractivity contribution >= 4 is 22.7 Å². The smallest absolute Gasteiger partial charge is 0.271 e. The maximum Gasteiger partial charge on any atom is 0.271 e. The number of amides is 2. The summed E-state index contributed by atoms with van der Waals surface area (Å²) in [5, 5.41) is 20.9. The lowest BCUT2D eigenvalue weighted by molar-refractivity contribution is 0.0856. The van der Waals surface area contributed by atoms with Crippen LogP contribution >= 0.6 is 0 Å². The van der Waals surface area contributed by atoms with Crippen molar-refractivity contribution in [2.24, 2.45) is 0 Å². The van der Waals surface area contributed by atoms with Crippen LogP contribution in [0, 0.1) is 0 Å². The average molecular weight is 409 g/mol. The molecule has 8 nitrogen and oxygen atoms in total. The van der Waals surface area contributed by atoms with Gasteiger partial charge in [-0.05, 0) is 50.3 Å². The summed E-state index contributed by atoms with van der Waals surface area (Å²) in [5.74, 6) is -0.595. The van der Waals surface area contributed by atoms with Crippen LogP contribution in [0.15, 0.2) is 36.5 Å². The third-order valence-corrected chi connectivity index (χ3v) is 5.91. The molecule has 30 heavy (non-hydrogen) atoms. The molecule has 0 bridgehead atoms. The van der Waals surface area contributed by atoms with Crippen molar-refractivity contribution in [3.63, 3.8) is 0 Å². The maximum atomic E-state index is 13.1. The Morgan fingerprint density at radius 2 is 1.97 bits per heavy atom. The van der Waals surface area contributed by atoms with E-state index in [-0.39, 0.29) is 35.7 Å². The Labute approximate surface area is 174 Å². The highest BCUT2D eigenvalue weighted by atomic mass is 16.3. The molecule has 8 heteroatoms. The molecule has 1 aliphatic rings. The monoisotopic (exact) mass is 409 g/mol. The Kier molecular flexibility index (Phi) is 5.59. The third-order valence-electron chi connectivity index (χ3n) is 5.91. The summed E-state index contributed by atoms with van der Waals surface area (Å²) >= 11 is 0. The van der Waals surface area contributed by atoms with Gasteiger partial charge in [-0.3, -0.25) is 14.3 Å². The number of nitrogens with one attached hydrogen (secondary N) is 3. The quantitative estimate of drug-likeness (QED) is 0.518. The summed E-state index contributed by atoms with van der Waals surface area (Å²) in [7, 11) is 1.54. The third kappa shape index (κ3) is 3.82. The van der Waals surface area contributed by atoms with Crippen LogP contribution < -0.4 is 10.6 Å². The molecule has 2 aromatic heterocycles. The van der Waals surface area contributed by atoms with Gasteiger partial charge in [-0.25, -0.2) is 0 Å². The average Bonchev–Trinajstić information content (AvgIpc) is 3.41. The molecule has 1 fully saturated rings. The molecular weight excluding hydrogens is 382 g/mol. The Hall–Kier alpha value is -3.13. The number of benzene rings is 1. The number of hydrogen-bond acceptors (Lipinski definition) is 4. The van der Waals surface area contributed by atoms with Gasteiger partial charge >= 0.3 is 0 Å². The van der Waals surface area contributed by atoms with E-state index in [2.05, 4.69) is 20.7 Å². The first-order chi connectivity index (χ1) is 14.5.